The SMILES string of the molecule is Cc1csc(C(=O)O)c1S(=O)(=O)NC1CCCCCC1C. The number of nitrogens with one attached hydrogen (secondary N) is 1. The van der Waals surface area contributed by atoms with Crippen molar-refractivity contribution in [3.63, 3.8) is 0 Å². The normalized spacial score (nSPS) is 23.7. The lowest BCUT2D eigenvalue weighted by Gasteiger charge is -2.22. The van der Waals surface area contributed by atoms with Gasteiger partial charge in [-0.25, -0.2) is 17.9 Å². The number of aromatic carboxylic acids is 1. The molecule has 0 aliphatic heterocycles. The van der Waals surface area contributed by atoms with E-state index in [-0.39, 0.29) is 21.7 Å². The van der Waals surface area contributed by atoms with Crippen molar-refractivity contribution in [1.82, 2.24) is 4.72 Å². The van der Waals surface area contributed by atoms with Gasteiger partial charge in [0.15, 0.2) is 0 Å². The summed E-state index contributed by atoms with van der Waals surface area (Å²) in [5.74, 6) is -0.920. The monoisotopic (exact) mass is 331 g/mol. The van der Waals surface area contributed by atoms with E-state index < -0.39 is 16.0 Å². The Kier molecular flexibility index (Phi) is 5.06. The molecule has 0 aromatic carbocycles. The van der Waals surface area contributed by atoms with E-state index >= 15 is 0 Å². The number of carbonyl (C=O) groups is 1. The summed E-state index contributed by atoms with van der Waals surface area (Å²) in [5.41, 5.74) is 0.492. The zero-order valence-electron chi connectivity index (χ0n) is 12.3. The van der Waals surface area contributed by atoms with Crippen LogP contribution in [0.15, 0.2) is 10.3 Å². The fraction of sp³-hybridized carbons (Fsp3) is 0.643. The average molecular weight is 331 g/mol. The number of thiophene rings is 1. The third-order valence-corrected chi connectivity index (χ3v) is 6.94. The first kappa shape index (κ1) is 16.5. The van der Waals surface area contributed by atoms with Gasteiger partial charge in [0.05, 0.1) is 0 Å². The molecule has 2 atom stereocenters. The molecule has 2 N–H and O–H groups in total. The van der Waals surface area contributed by atoms with Gasteiger partial charge in [-0.2, -0.15) is 0 Å². The average Bonchev–Trinajstić information content (AvgIpc) is 2.69. The number of carboxylic acid groups (broad SMARTS) is 1. The molecule has 2 rings (SSSR count). The highest BCUT2D eigenvalue weighted by molar-refractivity contribution is 7.89. The Bertz CT molecular complexity index is 621. The Balaban J connectivity index is 2.30. The molecule has 0 amide bonds. The van der Waals surface area contributed by atoms with Crippen LogP contribution in [0.25, 0.3) is 0 Å². The van der Waals surface area contributed by atoms with Crippen molar-refractivity contribution in [2.24, 2.45) is 5.92 Å². The highest BCUT2D eigenvalue weighted by Crippen LogP contribution is 2.29. The van der Waals surface area contributed by atoms with E-state index in [2.05, 4.69) is 11.6 Å². The van der Waals surface area contributed by atoms with Gasteiger partial charge < -0.3 is 5.11 Å². The number of rotatable bonds is 4. The Morgan fingerprint density at radius 1 is 1.33 bits per heavy atom. The van der Waals surface area contributed by atoms with Gasteiger partial charge >= 0.3 is 5.97 Å². The van der Waals surface area contributed by atoms with Crippen LogP contribution in [0.4, 0.5) is 0 Å². The molecule has 0 bridgehead atoms. The Morgan fingerprint density at radius 3 is 2.67 bits per heavy atom. The van der Waals surface area contributed by atoms with E-state index in [4.69, 9.17) is 5.11 Å². The van der Waals surface area contributed by atoms with Gasteiger partial charge in [0, 0.05) is 6.04 Å². The highest BCUT2D eigenvalue weighted by atomic mass is 32.2. The molecule has 0 spiro atoms. The van der Waals surface area contributed by atoms with Crippen molar-refractivity contribution in [2.75, 3.05) is 0 Å². The van der Waals surface area contributed by atoms with E-state index in [1.54, 1.807) is 12.3 Å². The summed E-state index contributed by atoms with van der Waals surface area (Å²) in [4.78, 5) is 11.0. The number of hydrogen-bond acceptors (Lipinski definition) is 4. The summed E-state index contributed by atoms with van der Waals surface area (Å²) in [6.07, 6.45) is 5.07. The standard InChI is InChI=1S/C14H21NO4S2/c1-9-6-4-3-5-7-11(9)15-21(18,19)13-10(2)8-20-12(13)14(16)17/h8-9,11,15H,3-7H2,1-2H3,(H,16,17). The van der Waals surface area contributed by atoms with Crippen molar-refractivity contribution < 1.29 is 18.3 Å². The summed E-state index contributed by atoms with van der Waals surface area (Å²) < 4.78 is 27.9. The van der Waals surface area contributed by atoms with Gasteiger partial charge in [-0.1, -0.05) is 26.2 Å². The van der Waals surface area contributed by atoms with E-state index in [9.17, 15) is 13.2 Å². The largest absolute Gasteiger partial charge is 0.477 e. The molecule has 5 nitrogen and oxygen atoms in total. The van der Waals surface area contributed by atoms with Crippen molar-refractivity contribution in [3.8, 4) is 0 Å². The molecule has 21 heavy (non-hydrogen) atoms. The molecule has 1 aliphatic rings. The van der Waals surface area contributed by atoms with Crippen LogP contribution in [0, 0.1) is 12.8 Å². The lowest BCUT2D eigenvalue weighted by molar-refractivity contribution is 0.0698. The van der Waals surface area contributed by atoms with Crippen LogP contribution >= 0.6 is 11.3 Å². The molecule has 1 aromatic heterocycles. The van der Waals surface area contributed by atoms with E-state index in [1.165, 1.54) is 0 Å². The molecule has 1 aliphatic carbocycles. The highest BCUT2D eigenvalue weighted by Gasteiger charge is 2.31. The zero-order valence-corrected chi connectivity index (χ0v) is 13.9. The van der Waals surface area contributed by atoms with Gasteiger partial charge in [-0.05, 0) is 36.6 Å². The predicted octanol–water partition coefficient (Wildman–Crippen LogP) is 3.00. The van der Waals surface area contributed by atoms with E-state index in [1.807, 2.05) is 0 Å². The first-order valence-corrected chi connectivity index (χ1v) is 9.53. The van der Waals surface area contributed by atoms with Crippen molar-refractivity contribution in [1.29, 1.82) is 0 Å². The van der Waals surface area contributed by atoms with Gasteiger partial charge in [-0.3, -0.25) is 0 Å². The summed E-state index contributed by atoms with van der Waals surface area (Å²) in [5, 5.41) is 10.7. The van der Waals surface area contributed by atoms with Crippen molar-refractivity contribution in [3.05, 3.63) is 15.8 Å². The first-order chi connectivity index (χ1) is 9.83. The lowest BCUT2D eigenvalue weighted by atomic mass is 9.98. The minimum absolute atomic E-state index is 0.0727. The second kappa shape index (κ2) is 6.46. The lowest BCUT2D eigenvalue weighted by Crippen LogP contribution is -2.39. The van der Waals surface area contributed by atoms with Gasteiger partial charge in [0.25, 0.3) is 0 Å². The molecule has 1 heterocycles. The second-order valence-electron chi connectivity index (χ2n) is 5.73. The topological polar surface area (TPSA) is 83.5 Å². The van der Waals surface area contributed by atoms with Crippen molar-refractivity contribution in [2.45, 2.75) is 56.9 Å². The van der Waals surface area contributed by atoms with Crippen LogP contribution in [0.5, 0.6) is 0 Å². The van der Waals surface area contributed by atoms with Gasteiger partial charge in [0.1, 0.15) is 9.77 Å². The molecule has 1 fully saturated rings. The molecule has 1 aromatic rings. The molecule has 118 valence electrons. The number of carboxylic acids is 1. The maximum Gasteiger partial charge on any atom is 0.347 e. The number of sulfonamides is 1. The Hall–Kier alpha value is -0.920. The minimum atomic E-state index is -3.79. The molecule has 2 unspecified atom stereocenters. The van der Waals surface area contributed by atoms with Crippen LogP contribution in [-0.4, -0.2) is 25.5 Å². The summed E-state index contributed by atoms with van der Waals surface area (Å²) in [7, 11) is -3.79. The fourth-order valence-electron chi connectivity index (χ4n) is 2.84. The molecular weight excluding hydrogens is 310 g/mol. The summed E-state index contributed by atoms with van der Waals surface area (Å²) in [6, 6.07) is -0.113. The van der Waals surface area contributed by atoms with Crippen LogP contribution in [0.1, 0.15) is 54.3 Å². The third kappa shape index (κ3) is 3.64. The molecule has 7 heteroatoms. The summed E-state index contributed by atoms with van der Waals surface area (Å²) in [6.45, 7) is 3.69. The molecule has 1 saturated carbocycles. The van der Waals surface area contributed by atoms with E-state index in [0.29, 0.717) is 5.56 Å². The second-order valence-corrected chi connectivity index (χ2v) is 8.26. The molecular formula is C14H21NO4S2. The quantitative estimate of drug-likeness (QED) is 0.831. The Labute approximate surface area is 129 Å². The molecule has 0 radical (unpaired) electrons. The Morgan fingerprint density at radius 2 is 2.00 bits per heavy atom. The van der Waals surface area contributed by atoms with Crippen LogP contribution in [0.2, 0.25) is 0 Å². The van der Waals surface area contributed by atoms with Gasteiger partial charge in [-0.15, -0.1) is 11.3 Å². The van der Waals surface area contributed by atoms with Crippen LogP contribution in [-0.2, 0) is 10.0 Å². The smallest absolute Gasteiger partial charge is 0.347 e. The summed E-state index contributed by atoms with van der Waals surface area (Å²) >= 11 is 0.959. The maximum atomic E-state index is 12.6. The minimum Gasteiger partial charge on any atom is -0.477 e. The van der Waals surface area contributed by atoms with Crippen LogP contribution in [0.3, 0.4) is 0 Å². The zero-order chi connectivity index (χ0) is 15.6. The van der Waals surface area contributed by atoms with Crippen molar-refractivity contribution >= 4 is 27.3 Å². The number of aryl methyl sites for hydroxylation is 1. The predicted molar refractivity (Wildman–Crippen MR) is 82.4 cm³/mol. The number of hydrogen-bond donors (Lipinski definition) is 2. The molecule has 0 saturated heterocycles. The van der Waals surface area contributed by atoms with Crippen LogP contribution < -0.4 is 4.72 Å². The van der Waals surface area contributed by atoms with Gasteiger partial charge in [0.2, 0.25) is 10.0 Å². The fourth-order valence-corrected chi connectivity index (χ4v) is 5.85. The maximum absolute atomic E-state index is 12.6. The third-order valence-electron chi connectivity index (χ3n) is 4.05. The van der Waals surface area contributed by atoms with E-state index in [0.717, 1.165) is 43.4 Å². The first-order valence-electron chi connectivity index (χ1n) is 7.16.